The fraction of sp³-hybridized carbons (Fsp3) is 0.429. The molecule has 1 N–H and O–H groups in total. The van der Waals surface area contributed by atoms with Crippen LogP contribution in [-0.2, 0) is 0 Å². The average molecular weight is 524 g/mol. The Morgan fingerprint density at radius 1 is 1.24 bits per heavy atom. The van der Waals surface area contributed by atoms with Crippen molar-refractivity contribution in [3.8, 4) is 11.4 Å². The summed E-state index contributed by atoms with van der Waals surface area (Å²) in [5.74, 6) is 2.72. The third-order valence-corrected chi connectivity index (χ3v) is 6.52. The van der Waals surface area contributed by atoms with E-state index >= 15 is 0 Å². The fourth-order valence-corrected chi connectivity index (χ4v) is 5.50. The van der Waals surface area contributed by atoms with Gasteiger partial charge in [0.05, 0.1) is 12.5 Å². The average Bonchev–Trinajstić information content (AvgIpc) is 3.02. The van der Waals surface area contributed by atoms with E-state index in [1.807, 2.05) is 19.1 Å². The van der Waals surface area contributed by atoms with Crippen LogP contribution in [-0.4, -0.2) is 46.4 Å². The topological polar surface area (TPSA) is 63.4 Å². The molecule has 29 heavy (non-hydrogen) atoms. The minimum Gasteiger partial charge on any atom is -0.494 e. The van der Waals surface area contributed by atoms with Gasteiger partial charge in [-0.15, -0.1) is 0 Å². The largest absolute Gasteiger partial charge is 0.494 e. The number of nitrogens with zero attached hydrogens (tertiary/aromatic N) is 4. The zero-order valence-electron chi connectivity index (χ0n) is 16.7. The molecule has 0 spiro atoms. The molecule has 1 aliphatic rings. The predicted molar refractivity (Wildman–Crippen MR) is 122 cm³/mol. The molecule has 3 aromatic rings. The summed E-state index contributed by atoms with van der Waals surface area (Å²) in [6.45, 7) is 5.99. The number of hydrogen-bond acceptors (Lipinski definition) is 5. The van der Waals surface area contributed by atoms with Gasteiger partial charge in [-0.05, 0) is 66.2 Å². The molecule has 0 saturated carbocycles. The van der Waals surface area contributed by atoms with E-state index in [0.29, 0.717) is 0 Å². The van der Waals surface area contributed by atoms with Crippen molar-refractivity contribution in [3.63, 3.8) is 0 Å². The molecule has 0 aliphatic carbocycles. The predicted octanol–water partition coefficient (Wildman–Crippen LogP) is 4.78. The summed E-state index contributed by atoms with van der Waals surface area (Å²) < 4.78 is 9.59. The van der Waals surface area contributed by atoms with Gasteiger partial charge in [-0.3, -0.25) is 4.57 Å². The molecule has 8 heteroatoms. The molecule has 6 nitrogen and oxygen atoms in total. The number of aliphatic hydroxyl groups excluding tert-OH is 1. The van der Waals surface area contributed by atoms with E-state index in [4.69, 9.17) is 14.7 Å². The zero-order valence-corrected chi connectivity index (χ0v) is 19.9. The molecule has 1 fully saturated rings. The van der Waals surface area contributed by atoms with Gasteiger partial charge in [-0.25, -0.2) is 9.97 Å². The van der Waals surface area contributed by atoms with Gasteiger partial charge in [-0.2, -0.15) is 0 Å². The molecule has 1 aliphatic heterocycles. The van der Waals surface area contributed by atoms with E-state index in [9.17, 15) is 5.11 Å². The molecule has 154 valence electrons. The number of piperidine rings is 1. The number of anilines is 1. The maximum atomic E-state index is 9.66. The first kappa shape index (κ1) is 20.6. The van der Waals surface area contributed by atoms with Crippen molar-refractivity contribution in [1.29, 1.82) is 0 Å². The van der Waals surface area contributed by atoms with Crippen LogP contribution < -0.4 is 9.64 Å². The van der Waals surface area contributed by atoms with Crippen molar-refractivity contribution >= 4 is 48.7 Å². The highest BCUT2D eigenvalue weighted by Crippen LogP contribution is 2.39. The van der Waals surface area contributed by atoms with Gasteiger partial charge in [0.2, 0.25) is 0 Å². The van der Waals surface area contributed by atoms with Crippen LogP contribution in [0.3, 0.4) is 0 Å². The van der Waals surface area contributed by atoms with E-state index in [-0.39, 0.29) is 12.5 Å². The molecule has 1 aromatic carbocycles. The van der Waals surface area contributed by atoms with Crippen molar-refractivity contribution in [2.45, 2.75) is 26.7 Å². The lowest BCUT2D eigenvalue weighted by molar-refractivity contribution is 0.208. The molecule has 1 saturated heterocycles. The first-order chi connectivity index (χ1) is 13.9. The Hall–Kier alpha value is -1.64. The number of ether oxygens (including phenoxy) is 1. The van der Waals surface area contributed by atoms with E-state index < -0.39 is 0 Å². The van der Waals surface area contributed by atoms with Crippen LogP contribution in [0.1, 0.15) is 24.2 Å². The lowest BCUT2D eigenvalue weighted by atomic mass is 9.99. The van der Waals surface area contributed by atoms with Gasteiger partial charge in [0.15, 0.2) is 5.65 Å². The lowest BCUT2D eigenvalue weighted by Crippen LogP contribution is -2.37. The first-order valence-electron chi connectivity index (χ1n) is 9.68. The van der Waals surface area contributed by atoms with Crippen LogP contribution in [0.2, 0.25) is 0 Å². The molecule has 1 unspecified atom stereocenters. The smallest absolute Gasteiger partial charge is 0.150 e. The molecule has 4 rings (SSSR count). The second kappa shape index (κ2) is 8.24. The van der Waals surface area contributed by atoms with E-state index in [0.717, 1.165) is 74.6 Å². The van der Waals surface area contributed by atoms with Crippen LogP contribution in [0.4, 0.5) is 5.82 Å². The summed E-state index contributed by atoms with van der Waals surface area (Å²) in [6, 6.07) is 3.96. The van der Waals surface area contributed by atoms with Crippen molar-refractivity contribution in [1.82, 2.24) is 14.5 Å². The summed E-state index contributed by atoms with van der Waals surface area (Å²) in [4.78, 5) is 11.9. The highest BCUT2D eigenvalue weighted by molar-refractivity contribution is 9.11. The van der Waals surface area contributed by atoms with Crippen LogP contribution in [0.15, 0.2) is 27.3 Å². The molecule has 3 heterocycles. The number of halogens is 2. The summed E-state index contributed by atoms with van der Waals surface area (Å²) >= 11 is 7.22. The summed E-state index contributed by atoms with van der Waals surface area (Å²) in [7, 11) is 1.67. The Bertz CT molecular complexity index is 1070. The summed E-state index contributed by atoms with van der Waals surface area (Å²) in [5.41, 5.74) is 2.88. The van der Waals surface area contributed by atoms with Crippen LogP contribution in [0, 0.1) is 19.8 Å². The molecule has 1 atom stereocenters. The maximum absolute atomic E-state index is 9.66. The SMILES string of the molecule is COc1cc(Br)cc(Br)c1-n1cc(C)c2c(N3CCCC(CO)C3)nc(C)nc21. The number of benzene rings is 1. The molecular weight excluding hydrogens is 500 g/mol. The third-order valence-electron chi connectivity index (χ3n) is 5.46. The minimum atomic E-state index is 0.215. The summed E-state index contributed by atoms with van der Waals surface area (Å²) in [5, 5.41) is 10.7. The van der Waals surface area contributed by atoms with Gasteiger partial charge in [-0.1, -0.05) is 15.9 Å². The van der Waals surface area contributed by atoms with Crippen molar-refractivity contribution < 1.29 is 9.84 Å². The highest BCUT2D eigenvalue weighted by Gasteiger charge is 2.25. The maximum Gasteiger partial charge on any atom is 0.150 e. The zero-order chi connectivity index (χ0) is 20.7. The Labute approximate surface area is 187 Å². The van der Waals surface area contributed by atoms with Crippen LogP contribution >= 0.6 is 31.9 Å². The minimum absolute atomic E-state index is 0.215. The molecule has 0 amide bonds. The van der Waals surface area contributed by atoms with Crippen molar-refractivity contribution in [2.75, 3.05) is 31.7 Å². The molecule has 2 aromatic heterocycles. The van der Waals surface area contributed by atoms with Gasteiger partial charge in [0.25, 0.3) is 0 Å². The monoisotopic (exact) mass is 522 g/mol. The third kappa shape index (κ3) is 3.78. The van der Waals surface area contributed by atoms with Gasteiger partial charge in [0.1, 0.15) is 23.1 Å². The second-order valence-electron chi connectivity index (χ2n) is 7.55. The molecule has 0 bridgehead atoms. The number of methoxy groups -OCH3 is 1. The fourth-order valence-electron chi connectivity index (χ4n) is 4.13. The Kier molecular flexibility index (Phi) is 5.86. The number of aliphatic hydroxyl groups is 1. The number of aryl methyl sites for hydroxylation is 2. The Morgan fingerprint density at radius 3 is 2.76 bits per heavy atom. The van der Waals surface area contributed by atoms with Gasteiger partial charge >= 0.3 is 0 Å². The van der Waals surface area contributed by atoms with E-state index in [1.54, 1.807) is 7.11 Å². The highest BCUT2D eigenvalue weighted by atomic mass is 79.9. The van der Waals surface area contributed by atoms with Crippen molar-refractivity contribution in [3.05, 3.63) is 38.7 Å². The molecule has 0 radical (unpaired) electrons. The van der Waals surface area contributed by atoms with E-state index in [2.05, 4.69) is 54.4 Å². The normalized spacial score (nSPS) is 17.2. The number of aromatic nitrogens is 3. The quantitative estimate of drug-likeness (QED) is 0.533. The van der Waals surface area contributed by atoms with Gasteiger partial charge in [0, 0.05) is 34.8 Å². The van der Waals surface area contributed by atoms with Gasteiger partial charge < -0.3 is 14.7 Å². The summed E-state index contributed by atoms with van der Waals surface area (Å²) in [6.07, 6.45) is 4.21. The van der Waals surface area contributed by atoms with Crippen molar-refractivity contribution in [2.24, 2.45) is 5.92 Å². The molecular formula is C21H24Br2N4O2. The van der Waals surface area contributed by atoms with E-state index in [1.165, 1.54) is 0 Å². The Balaban J connectivity index is 1.93. The second-order valence-corrected chi connectivity index (χ2v) is 9.32. The first-order valence-corrected chi connectivity index (χ1v) is 11.3. The lowest BCUT2D eigenvalue weighted by Gasteiger charge is -2.33. The Morgan fingerprint density at radius 2 is 2.03 bits per heavy atom. The van der Waals surface area contributed by atoms with Crippen LogP contribution in [0.5, 0.6) is 5.75 Å². The standard InChI is InChI=1S/C21H24Br2N4O2/c1-12-9-27(19-16(23)7-15(22)8-17(19)29-3)21-18(12)20(24-13(2)25-21)26-6-4-5-14(10-26)11-28/h7-9,14,28H,4-6,10-11H2,1-3H3. The van der Waals surface area contributed by atoms with Crippen LogP contribution in [0.25, 0.3) is 16.7 Å². The number of rotatable bonds is 4. The number of fused-ring (bicyclic) bond motifs is 1. The number of hydrogen-bond donors (Lipinski definition) is 1.